The number of hydrogen-bond acceptors (Lipinski definition) is 4. The summed E-state index contributed by atoms with van der Waals surface area (Å²) in [5, 5.41) is 7.07. The molecular formula is C28H28N2O3. The lowest BCUT2D eigenvalue weighted by atomic mass is 9.85. The van der Waals surface area contributed by atoms with Gasteiger partial charge in [-0.1, -0.05) is 61.7 Å². The number of aromatic nitrogens is 2. The van der Waals surface area contributed by atoms with Crippen LogP contribution in [-0.4, -0.2) is 29.8 Å². The number of ether oxygens (including phenoxy) is 2. The lowest BCUT2D eigenvalue weighted by molar-refractivity contribution is 0.0884. The Morgan fingerprint density at radius 1 is 0.879 bits per heavy atom. The molecule has 0 amide bonds. The number of carbonyl (C=O) groups excluding carboxylic acids is 1. The maximum atomic E-state index is 13.5. The molecule has 0 radical (unpaired) electrons. The van der Waals surface area contributed by atoms with Gasteiger partial charge in [0.05, 0.1) is 31.2 Å². The van der Waals surface area contributed by atoms with Gasteiger partial charge in [-0.3, -0.25) is 4.79 Å². The van der Waals surface area contributed by atoms with Gasteiger partial charge in [-0.15, -0.1) is 0 Å². The summed E-state index contributed by atoms with van der Waals surface area (Å²) in [5.41, 5.74) is 2.97. The third kappa shape index (κ3) is 3.88. The molecule has 33 heavy (non-hydrogen) atoms. The largest absolute Gasteiger partial charge is 0.496 e. The maximum absolute atomic E-state index is 13.5. The molecule has 1 aliphatic rings. The Morgan fingerprint density at radius 3 is 2.27 bits per heavy atom. The summed E-state index contributed by atoms with van der Waals surface area (Å²) in [4.78, 5) is 13.5. The van der Waals surface area contributed by atoms with Crippen molar-refractivity contribution in [2.75, 3.05) is 14.2 Å². The van der Waals surface area contributed by atoms with Gasteiger partial charge in [0.2, 0.25) is 0 Å². The number of rotatable bonds is 6. The smallest absolute Gasteiger partial charge is 0.186 e. The van der Waals surface area contributed by atoms with Crippen molar-refractivity contribution in [1.82, 2.24) is 9.78 Å². The minimum absolute atomic E-state index is 0.0435. The Hall–Kier alpha value is -3.60. The number of ketones is 1. The first-order chi connectivity index (χ1) is 16.2. The normalized spacial score (nSPS) is 14.4. The number of hydrogen-bond donors (Lipinski definition) is 0. The highest BCUT2D eigenvalue weighted by atomic mass is 16.5. The molecular weight excluding hydrogens is 412 g/mol. The fraction of sp³-hybridized carbons (Fsp3) is 0.286. The zero-order chi connectivity index (χ0) is 22.8. The van der Waals surface area contributed by atoms with Crippen LogP contribution < -0.4 is 9.47 Å². The molecule has 1 aromatic heterocycles. The number of benzene rings is 3. The topological polar surface area (TPSA) is 53.4 Å². The lowest BCUT2D eigenvalue weighted by Crippen LogP contribution is -2.18. The van der Waals surface area contributed by atoms with Crippen molar-refractivity contribution in [2.24, 2.45) is 5.92 Å². The van der Waals surface area contributed by atoms with Crippen LogP contribution in [0.15, 0.2) is 66.7 Å². The van der Waals surface area contributed by atoms with E-state index in [0.29, 0.717) is 17.2 Å². The highest BCUT2D eigenvalue weighted by molar-refractivity contribution is 5.98. The molecule has 1 heterocycles. The molecule has 0 saturated heterocycles. The predicted molar refractivity (Wildman–Crippen MR) is 131 cm³/mol. The molecule has 1 fully saturated rings. The summed E-state index contributed by atoms with van der Waals surface area (Å²) in [6, 6.07) is 22.0. The Morgan fingerprint density at radius 2 is 1.55 bits per heavy atom. The van der Waals surface area contributed by atoms with E-state index >= 15 is 0 Å². The van der Waals surface area contributed by atoms with Crippen molar-refractivity contribution in [3.05, 3.63) is 72.4 Å². The van der Waals surface area contributed by atoms with Crippen LogP contribution >= 0.6 is 0 Å². The van der Waals surface area contributed by atoms with E-state index in [-0.39, 0.29) is 11.7 Å². The molecule has 1 aliphatic carbocycles. The third-order valence-corrected chi connectivity index (χ3v) is 6.62. The Labute approximate surface area is 194 Å². The molecule has 1 saturated carbocycles. The van der Waals surface area contributed by atoms with Gasteiger partial charge in [-0.05, 0) is 42.5 Å². The molecule has 0 bridgehead atoms. The van der Waals surface area contributed by atoms with Crippen molar-refractivity contribution >= 4 is 16.6 Å². The van der Waals surface area contributed by atoms with Crippen molar-refractivity contribution < 1.29 is 14.3 Å². The van der Waals surface area contributed by atoms with Gasteiger partial charge in [0.15, 0.2) is 5.78 Å². The number of methoxy groups -OCH3 is 2. The van der Waals surface area contributed by atoms with Crippen LogP contribution in [0.3, 0.4) is 0 Å². The van der Waals surface area contributed by atoms with Crippen LogP contribution in [0, 0.1) is 5.92 Å². The van der Waals surface area contributed by atoms with Crippen molar-refractivity contribution in [1.29, 1.82) is 0 Å². The summed E-state index contributed by atoms with van der Waals surface area (Å²) < 4.78 is 13.3. The quantitative estimate of drug-likeness (QED) is 0.322. The van der Waals surface area contributed by atoms with E-state index in [9.17, 15) is 4.79 Å². The van der Waals surface area contributed by atoms with Crippen molar-refractivity contribution in [3.8, 4) is 28.4 Å². The zero-order valence-corrected chi connectivity index (χ0v) is 19.1. The average molecular weight is 441 g/mol. The average Bonchev–Trinajstić information content (AvgIpc) is 3.32. The minimum atomic E-state index is 0.0435. The summed E-state index contributed by atoms with van der Waals surface area (Å²) in [6.07, 6.45) is 5.29. The summed E-state index contributed by atoms with van der Waals surface area (Å²) in [7, 11) is 3.29. The molecule has 0 atom stereocenters. The van der Waals surface area contributed by atoms with Gasteiger partial charge in [0.1, 0.15) is 17.2 Å². The molecule has 3 aromatic carbocycles. The second-order valence-electron chi connectivity index (χ2n) is 8.56. The lowest BCUT2D eigenvalue weighted by Gasteiger charge is -2.19. The second kappa shape index (κ2) is 9.10. The Bertz CT molecular complexity index is 1270. The van der Waals surface area contributed by atoms with E-state index in [1.807, 2.05) is 53.2 Å². The van der Waals surface area contributed by atoms with Gasteiger partial charge < -0.3 is 9.47 Å². The predicted octanol–water partition coefficient (Wildman–Crippen LogP) is 6.47. The van der Waals surface area contributed by atoms with E-state index in [1.54, 1.807) is 14.2 Å². The molecule has 0 unspecified atom stereocenters. The zero-order valence-electron chi connectivity index (χ0n) is 19.1. The summed E-state index contributed by atoms with van der Waals surface area (Å²) in [6.45, 7) is 0. The number of nitrogens with zero attached hydrogens (tertiary/aromatic N) is 2. The standard InChI is InChI=1S/C28H28N2O3/c1-32-25-16-9-17-26(33-2)27(25)24-18-22(28(31)20-11-4-3-5-12-20)29-30(24)23-15-8-13-19-10-6-7-14-21(19)23/h6-10,13-18,20H,3-5,11-12H2,1-2H3. The first kappa shape index (κ1) is 21.3. The highest BCUT2D eigenvalue weighted by Gasteiger charge is 2.28. The van der Waals surface area contributed by atoms with E-state index in [4.69, 9.17) is 14.6 Å². The fourth-order valence-corrected chi connectivity index (χ4v) is 4.93. The molecule has 5 nitrogen and oxygen atoms in total. The van der Waals surface area contributed by atoms with Crippen LogP contribution in [0.4, 0.5) is 0 Å². The third-order valence-electron chi connectivity index (χ3n) is 6.62. The van der Waals surface area contributed by atoms with E-state index in [1.165, 1.54) is 6.42 Å². The minimum Gasteiger partial charge on any atom is -0.496 e. The van der Waals surface area contributed by atoms with Gasteiger partial charge in [-0.25, -0.2) is 4.68 Å². The van der Waals surface area contributed by atoms with Crippen molar-refractivity contribution in [2.45, 2.75) is 32.1 Å². The second-order valence-corrected chi connectivity index (χ2v) is 8.56. The fourth-order valence-electron chi connectivity index (χ4n) is 4.93. The SMILES string of the molecule is COc1cccc(OC)c1-c1cc(C(=O)C2CCCCC2)nn1-c1cccc2ccccc12. The van der Waals surface area contributed by atoms with Gasteiger partial charge in [0.25, 0.3) is 0 Å². The molecule has 168 valence electrons. The maximum Gasteiger partial charge on any atom is 0.186 e. The van der Waals surface area contributed by atoms with Crippen LogP contribution in [-0.2, 0) is 0 Å². The van der Waals surface area contributed by atoms with Crippen molar-refractivity contribution in [3.63, 3.8) is 0 Å². The number of Topliss-reactive ketones (excluding diaryl/α,β-unsaturated/α-hetero) is 1. The van der Waals surface area contributed by atoms with E-state index in [0.717, 1.165) is 53.4 Å². The monoisotopic (exact) mass is 440 g/mol. The highest BCUT2D eigenvalue weighted by Crippen LogP contribution is 2.41. The molecule has 4 aromatic rings. The van der Waals surface area contributed by atoms with Gasteiger partial charge in [-0.2, -0.15) is 5.10 Å². The van der Waals surface area contributed by atoms with E-state index < -0.39 is 0 Å². The first-order valence-corrected chi connectivity index (χ1v) is 11.5. The van der Waals surface area contributed by atoms with E-state index in [2.05, 4.69) is 18.2 Å². The van der Waals surface area contributed by atoms with Gasteiger partial charge in [0, 0.05) is 11.3 Å². The van der Waals surface area contributed by atoms with Crippen LogP contribution in [0.1, 0.15) is 42.6 Å². The Kier molecular flexibility index (Phi) is 5.86. The van der Waals surface area contributed by atoms with Gasteiger partial charge >= 0.3 is 0 Å². The van der Waals surface area contributed by atoms with Crippen LogP contribution in [0.5, 0.6) is 11.5 Å². The van der Waals surface area contributed by atoms with Crippen LogP contribution in [0.25, 0.3) is 27.7 Å². The number of carbonyl (C=O) groups is 1. The molecule has 0 aliphatic heterocycles. The Balaban J connectivity index is 1.75. The molecule has 0 N–H and O–H groups in total. The van der Waals surface area contributed by atoms with Crippen LogP contribution in [0.2, 0.25) is 0 Å². The molecule has 0 spiro atoms. The molecule has 5 rings (SSSR count). The molecule has 5 heteroatoms. The first-order valence-electron chi connectivity index (χ1n) is 11.5. The summed E-state index contributed by atoms with van der Waals surface area (Å²) in [5.74, 6) is 1.52. The number of fused-ring (bicyclic) bond motifs is 1. The summed E-state index contributed by atoms with van der Waals surface area (Å²) >= 11 is 0.